The number of aromatic nitrogens is 4. The number of aliphatic hydroxyl groups excluding tert-OH is 1. The maximum atomic E-state index is 15.7. The predicted molar refractivity (Wildman–Crippen MR) is 493 cm³/mol. The van der Waals surface area contributed by atoms with Crippen molar-refractivity contribution in [1.29, 1.82) is 5.41 Å². The Balaban J connectivity index is 1.10. The Hall–Kier alpha value is -14.2. The van der Waals surface area contributed by atoms with E-state index in [1.54, 1.807) is 60.9 Å². The number of likely N-dealkylation sites (N-methyl/N-ethyl adjacent to an activating group) is 3. The van der Waals surface area contributed by atoms with Crippen LogP contribution in [0.5, 0.6) is 5.75 Å². The molecule has 730 valence electrons. The molecule has 45 nitrogen and oxygen atoms in total. The number of nitrogens with two attached hydrogens (primary N) is 4. The number of nitrogens with zero attached hydrogens (tertiary/aromatic N) is 6. The van der Waals surface area contributed by atoms with Crippen molar-refractivity contribution in [2.45, 2.75) is 221 Å². The van der Waals surface area contributed by atoms with Crippen LogP contribution in [0.4, 0.5) is 0 Å². The smallest absolute Gasteiger partial charge is 0.246 e. The molecular weight excluding hydrogens is 1770 g/mol. The summed E-state index contributed by atoms with van der Waals surface area (Å²) in [6.07, 6.45) is 4.42. The third-order valence-electron chi connectivity index (χ3n) is 24.0. The van der Waals surface area contributed by atoms with E-state index in [0.29, 0.717) is 64.2 Å². The highest BCUT2D eigenvalue weighted by atomic mass is 32.2. The van der Waals surface area contributed by atoms with Gasteiger partial charge < -0.3 is 131 Å². The number of thioether (sulfide) groups is 1. The fourth-order valence-electron chi connectivity index (χ4n) is 16.5. The van der Waals surface area contributed by atoms with Crippen molar-refractivity contribution in [2.24, 2.45) is 22.9 Å². The molecular formula is C89H123N25O20S. The monoisotopic (exact) mass is 1890 g/mol. The number of fused-ring (bicyclic) bond motifs is 4. The quantitative estimate of drug-likeness (QED) is 0.0140. The van der Waals surface area contributed by atoms with Crippen LogP contribution < -0.4 is 81.4 Å². The summed E-state index contributed by atoms with van der Waals surface area (Å²) in [6.45, 7) is 2.75. The minimum Gasteiger partial charge on any atom is -0.508 e. The highest BCUT2D eigenvalue weighted by Crippen LogP contribution is 2.28. The lowest BCUT2D eigenvalue weighted by atomic mass is 10.00. The number of aliphatic hydroxyl groups is 1. The number of hydrogen-bond acceptors (Lipinski definition) is 23. The highest BCUT2D eigenvalue weighted by Gasteiger charge is 2.46. The van der Waals surface area contributed by atoms with Crippen molar-refractivity contribution < 1.29 is 96.5 Å². The van der Waals surface area contributed by atoms with E-state index in [1.165, 1.54) is 64.9 Å². The standard InChI is InChI=1S/C89H123N25O20S/c1-7-9-23-67-81(127)102-58(22-15-31-96-89(93)94)77(123)109-66(76(122)99-43-73(92)119)45-135-46-74(120)101-61(34-49-27-29-53(116)30-28-49)84(130)110(4)48(3)75(121)105-63(38-71(90)117)86(132)113-32-17-26-69(113)83(129)104-60(37-52-42-95-47-100-52)79(125)107-64(39-72(91)118)87(133)114-33-16-25-68(114)82(128)103-59(35-50-40-97-56-20-13-11-18-54(50)56)78(124)108-65(44-115)80(126)106-62(36-51-41-98-57-21-14-12-19-55(51)57)85(131)112(6)70(24-10-8-2)88(134)111(67)5/h11-14,18-21,27-30,40-42,47-48,58-70,97-98,115-116H,7-10,15-17,22-26,31-39,43-46H2,1-6H3,(H2,90,117)(H2,91,118)(H2,92,119)(H,95,100)(H,99,122)(H,101,120)(H,102,127)(H,103,128)(H,104,129)(H,105,121)(H,106,126)(H,107,125)(H,108,124)(H,109,123)(H4,93,94,96)/t48-,58-,59-,60-,61-,62-,63-,64-,65-,66?,67-,68-,69-,70-/m0/s1. The number of aromatic amines is 3. The summed E-state index contributed by atoms with van der Waals surface area (Å²) >= 11 is 0.752. The van der Waals surface area contributed by atoms with E-state index in [4.69, 9.17) is 28.3 Å². The van der Waals surface area contributed by atoms with E-state index in [1.807, 2.05) is 13.8 Å². The Bertz CT molecular complexity index is 5260. The number of nitrogens with one attached hydrogen (secondary N) is 15. The van der Waals surface area contributed by atoms with Crippen LogP contribution in [0.15, 0.2) is 97.7 Å². The number of carbonyl (C=O) groups is 18. The highest BCUT2D eigenvalue weighted by molar-refractivity contribution is 8.00. The van der Waals surface area contributed by atoms with Crippen molar-refractivity contribution >= 4 is 146 Å². The molecule has 3 aliphatic rings. The van der Waals surface area contributed by atoms with Gasteiger partial charge in [0.1, 0.15) is 90.3 Å². The van der Waals surface area contributed by atoms with E-state index < -0.39 is 234 Å². The second-order valence-electron chi connectivity index (χ2n) is 33.8. The third kappa shape index (κ3) is 29.1. The molecule has 3 aromatic heterocycles. The molecule has 3 aromatic carbocycles. The van der Waals surface area contributed by atoms with Gasteiger partial charge in [-0.3, -0.25) is 91.7 Å². The summed E-state index contributed by atoms with van der Waals surface area (Å²) < 4.78 is 0. The van der Waals surface area contributed by atoms with Gasteiger partial charge in [-0.2, -0.15) is 0 Å². The first-order chi connectivity index (χ1) is 64.4. The number of phenols is 1. The second-order valence-corrected chi connectivity index (χ2v) is 34.8. The van der Waals surface area contributed by atoms with Crippen molar-refractivity contribution in [3.8, 4) is 5.75 Å². The molecule has 9 rings (SSSR count). The molecule has 1 unspecified atom stereocenters. The van der Waals surface area contributed by atoms with Gasteiger partial charge in [0.15, 0.2) is 5.96 Å². The number of H-pyrrole nitrogens is 3. The van der Waals surface area contributed by atoms with Gasteiger partial charge in [-0.1, -0.05) is 88.1 Å². The first-order valence-corrected chi connectivity index (χ1v) is 45.9. The minimum absolute atomic E-state index is 0.0167. The number of benzene rings is 3. The molecule has 0 radical (unpaired) electrons. The van der Waals surface area contributed by atoms with E-state index in [9.17, 15) is 63.0 Å². The predicted octanol–water partition coefficient (Wildman–Crippen LogP) is -4.07. The summed E-state index contributed by atoms with van der Waals surface area (Å²) in [7, 11) is 3.88. The van der Waals surface area contributed by atoms with Crippen LogP contribution in [-0.4, -0.2) is 317 Å². The first-order valence-electron chi connectivity index (χ1n) is 44.8. The second kappa shape index (κ2) is 50.0. The van der Waals surface area contributed by atoms with Gasteiger partial charge in [0.25, 0.3) is 0 Å². The lowest BCUT2D eigenvalue weighted by molar-refractivity contribution is -0.149. The average molecular weight is 1900 g/mol. The van der Waals surface area contributed by atoms with Gasteiger partial charge in [-0.05, 0) is 99.2 Å². The summed E-state index contributed by atoms with van der Waals surface area (Å²) in [5, 5.41) is 59.2. The number of carbonyl (C=O) groups excluding carboxylic acids is 18. The lowest BCUT2D eigenvalue weighted by Crippen LogP contribution is -2.62. The zero-order valence-corrected chi connectivity index (χ0v) is 77.0. The molecule has 0 spiro atoms. The van der Waals surface area contributed by atoms with Crippen LogP contribution in [-0.2, 0) is 112 Å². The topological polar surface area (TPSA) is 684 Å². The van der Waals surface area contributed by atoms with Crippen molar-refractivity contribution in [3.05, 3.63) is 120 Å². The number of amides is 18. The van der Waals surface area contributed by atoms with Crippen molar-refractivity contribution in [3.63, 3.8) is 0 Å². The molecule has 6 heterocycles. The number of para-hydroxylation sites is 2. The largest absolute Gasteiger partial charge is 0.508 e. The van der Waals surface area contributed by atoms with Gasteiger partial charge >= 0.3 is 0 Å². The molecule has 46 heteroatoms. The number of imidazole rings is 1. The fourth-order valence-corrected chi connectivity index (χ4v) is 17.4. The molecule has 14 atom stereocenters. The minimum atomic E-state index is -1.89. The van der Waals surface area contributed by atoms with E-state index in [0.717, 1.165) is 36.3 Å². The fraction of sp³-hybridized carbons (Fsp3) is 0.506. The van der Waals surface area contributed by atoms with Gasteiger partial charge in [0.2, 0.25) is 106 Å². The van der Waals surface area contributed by atoms with Gasteiger partial charge in [-0.15, -0.1) is 11.8 Å². The summed E-state index contributed by atoms with van der Waals surface area (Å²) in [6, 6.07) is -2.78. The van der Waals surface area contributed by atoms with Gasteiger partial charge in [-0.25, -0.2) is 4.98 Å². The molecule has 6 aromatic rings. The first kappa shape index (κ1) is 104. The van der Waals surface area contributed by atoms with Gasteiger partial charge in [0, 0.05) is 118 Å². The Labute approximate surface area is 782 Å². The SMILES string of the molecule is CCCC[C@H]1C(=O)N(C)[C@@H](CCCC)C(=O)N[C@@H](CCCNC(=N)N)C(=O)NC(C(=O)NCC(N)=O)CSCC(=O)N[C@@H](Cc2ccc(O)cc2)C(=O)N(C)[C@@H](C)C(=O)N[C@@H](CC(N)=O)C(=O)N2CCC[C@H]2C(=O)N[C@@H](Cc2cnc[nH]2)C(=O)N[C@@H](CC(N)=O)C(=O)N2CCC[C@H]2C(=O)N[C@@H](Cc2c[nH]c3ccccc23)C(=O)N[C@@H](CO)C(=O)N[C@@H](Cc2c[nH]c3ccccc23)C(=O)N1C. The Morgan fingerprint density at radius 1 is 0.496 bits per heavy atom. The zero-order valence-electron chi connectivity index (χ0n) is 76.1. The van der Waals surface area contributed by atoms with Crippen LogP contribution in [0.1, 0.15) is 133 Å². The van der Waals surface area contributed by atoms with Crippen LogP contribution >= 0.6 is 11.8 Å². The molecule has 135 heavy (non-hydrogen) atoms. The molecule has 3 aliphatic heterocycles. The van der Waals surface area contributed by atoms with Crippen LogP contribution in [0.3, 0.4) is 0 Å². The number of guanidine groups is 1. The van der Waals surface area contributed by atoms with E-state index >= 15 is 33.6 Å². The summed E-state index contributed by atoms with van der Waals surface area (Å²) in [4.78, 5) is 281. The summed E-state index contributed by atoms with van der Waals surface area (Å²) in [5.74, 6) is -19.2. The maximum absolute atomic E-state index is 15.7. The molecule has 0 bridgehead atoms. The number of aromatic hydroxyl groups is 1. The Morgan fingerprint density at radius 2 is 0.978 bits per heavy atom. The number of unbranched alkanes of at least 4 members (excludes halogenated alkanes) is 2. The molecule has 25 N–H and O–H groups in total. The molecule has 3 fully saturated rings. The number of rotatable bonds is 26. The van der Waals surface area contributed by atoms with Crippen LogP contribution in [0, 0.1) is 5.41 Å². The number of hydrogen-bond donors (Lipinski definition) is 21. The molecule has 0 saturated carbocycles. The third-order valence-corrected chi connectivity index (χ3v) is 25.0. The Kier molecular flexibility index (Phi) is 38.7. The zero-order chi connectivity index (χ0) is 98.4. The lowest BCUT2D eigenvalue weighted by Gasteiger charge is -2.36. The van der Waals surface area contributed by atoms with Crippen molar-refractivity contribution in [1.82, 2.24) is 103 Å². The number of primary amides is 3. The normalized spacial score (nSPS) is 24.1. The molecule has 3 saturated heterocycles. The van der Waals surface area contributed by atoms with Crippen LogP contribution in [0.2, 0.25) is 0 Å². The average Bonchev–Trinajstić information content (AvgIpc) is 1.75. The van der Waals surface area contributed by atoms with Gasteiger partial charge in [0.05, 0.1) is 38.1 Å². The summed E-state index contributed by atoms with van der Waals surface area (Å²) in [5.41, 5.74) is 25.4. The maximum Gasteiger partial charge on any atom is 0.246 e. The van der Waals surface area contributed by atoms with E-state index in [2.05, 4.69) is 78.4 Å². The molecule has 0 aliphatic carbocycles. The molecule has 18 amide bonds. The van der Waals surface area contributed by atoms with Crippen molar-refractivity contribution in [2.75, 3.05) is 65.4 Å². The Morgan fingerprint density at radius 3 is 1.51 bits per heavy atom. The van der Waals surface area contributed by atoms with Crippen LogP contribution in [0.25, 0.3) is 21.8 Å². The van der Waals surface area contributed by atoms with E-state index in [-0.39, 0.29) is 108 Å². The number of phenolic OH excluding ortho intramolecular Hbond substituents is 1.